The fourth-order valence-electron chi connectivity index (χ4n) is 3.31. The van der Waals surface area contributed by atoms with Gasteiger partial charge in [0.1, 0.15) is 12.4 Å². The maximum Gasteiger partial charge on any atom is 0.339 e. The topological polar surface area (TPSA) is 122 Å². The number of anilines is 1. The first-order valence-electron chi connectivity index (χ1n) is 11.4. The van der Waals surface area contributed by atoms with E-state index >= 15 is 0 Å². The van der Waals surface area contributed by atoms with E-state index in [9.17, 15) is 14.4 Å². The highest BCUT2D eigenvalue weighted by atomic mass is 32.2. The smallest absolute Gasteiger partial charge is 0.339 e. The SMILES string of the molecule is C=CCn1c(COc2ccc(CC)cc2)nnc1SCC(=O)Nc1cc(C(=O)OC)ccc1C(=O)OC. The molecule has 2 aromatic carbocycles. The number of amides is 1. The number of carbonyl (C=O) groups excluding carboxylic acids is 3. The van der Waals surface area contributed by atoms with Crippen LogP contribution in [0.5, 0.6) is 5.75 Å². The Bertz CT molecular complexity index is 1270. The monoisotopic (exact) mass is 524 g/mol. The normalized spacial score (nSPS) is 10.5. The van der Waals surface area contributed by atoms with Crippen LogP contribution in [0.2, 0.25) is 0 Å². The predicted octanol–water partition coefficient (Wildman–Crippen LogP) is 3.91. The largest absolute Gasteiger partial charge is 0.486 e. The van der Waals surface area contributed by atoms with Crippen molar-refractivity contribution in [1.29, 1.82) is 0 Å². The molecule has 0 radical (unpaired) electrons. The van der Waals surface area contributed by atoms with Gasteiger partial charge in [-0.3, -0.25) is 9.36 Å². The lowest BCUT2D eigenvalue weighted by atomic mass is 10.1. The van der Waals surface area contributed by atoms with Crippen molar-refractivity contribution in [2.24, 2.45) is 0 Å². The number of aryl methyl sites for hydroxylation is 1. The average molecular weight is 525 g/mol. The van der Waals surface area contributed by atoms with Crippen LogP contribution in [0.4, 0.5) is 5.69 Å². The zero-order valence-electron chi connectivity index (χ0n) is 20.9. The maximum absolute atomic E-state index is 12.7. The lowest BCUT2D eigenvalue weighted by molar-refractivity contribution is -0.113. The highest BCUT2D eigenvalue weighted by molar-refractivity contribution is 7.99. The predicted molar refractivity (Wildman–Crippen MR) is 139 cm³/mol. The van der Waals surface area contributed by atoms with Gasteiger partial charge in [0.25, 0.3) is 0 Å². The summed E-state index contributed by atoms with van der Waals surface area (Å²) in [7, 11) is 2.47. The van der Waals surface area contributed by atoms with Gasteiger partial charge in [-0.25, -0.2) is 9.59 Å². The summed E-state index contributed by atoms with van der Waals surface area (Å²) in [5, 5.41) is 11.6. The van der Waals surface area contributed by atoms with Crippen LogP contribution in [0, 0.1) is 0 Å². The van der Waals surface area contributed by atoms with E-state index < -0.39 is 17.8 Å². The van der Waals surface area contributed by atoms with Gasteiger partial charge in [-0.15, -0.1) is 16.8 Å². The van der Waals surface area contributed by atoms with E-state index in [-0.39, 0.29) is 29.2 Å². The maximum atomic E-state index is 12.7. The van der Waals surface area contributed by atoms with Crippen LogP contribution >= 0.6 is 11.8 Å². The molecular formula is C26H28N4O6S. The van der Waals surface area contributed by atoms with Crippen molar-refractivity contribution in [1.82, 2.24) is 14.8 Å². The van der Waals surface area contributed by atoms with Crippen molar-refractivity contribution >= 4 is 35.3 Å². The van der Waals surface area contributed by atoms with Gasteiger partial charge in [0.05, 0.1) is 36.8 Å². The van der Waals surface area contributed by atoms with Crippen molar-refractivity contribution in [2.45, 2.75) is 31.7 Å². The number of esters is 2. The number of thioether (sulfide) groups is 1. The molecule has 3 rings (SSSR count). The van der Waals surface area contributed by atoms with Gasteiger partial charge < -0.3 is 19.5 Å². The Morgan fingerprint density at radius 1 is 1.05 bits per heavy atom. The summed E-state index contributed by atoms with van der Waals surface area (Å²) < 4.78 is 17.2. The van der Waals surface area contributed by atoms with Crippen molar-refractivity contribution < 1.29 is 28.6 Å². The third-order valence-electron chi connectivity index (χ3n) is 5.26. The Balaban J connectivity index is 1.69. The summed E-state index contributed by atoms with van der Waals surface area (Å²) in [5.74, 6) is -0.402. The van der Waals surface area contributed by atoms with Gasteiger partial charge in [0, 0.05) is 6.54 Å². The molecule has 1 aromatic heterocycles. The molecule has 0 saturated heterocycles. The summed E-state index contributed by atoms with van der Waals surface area (Å²) in [4.78, 5) is 36.8. The molecule has 1 heterocycles. The molecule has 3 aromatic rings. The van der Waals surface area contributed by atoms with Crippen molar-refractivity contribution in [3.05, 3.63) is 77.6 Å². The standard InChI is InChI=1S/C26H28N4O6S/c1-5-13-30-22(15-36-19-10-7-17(6-2)8-11-19)28-29-26(30)37-16-23(31)27-21-14-18(24(32)34-3)9-12-20(21)25(33)35-4/h5,7-12,14H,1,6,13,15-16H2,2-4H3,(H,27,31). The van der Waals surface area contributed by atoms with Crippen molar-refractivity contribution in [2.75, 3.05) is 25.3 Å². The summed E-state index contributed by atoms with van der Waals surface area (Å²) in [6.45, 7) is 6.50. The van der Waals surface area contributed by atoms with Crippen LogP contribution < -0.4 is 10.1 Å². The van der Waals surface area contributed by atoms with Crippen molar-refractivity contribution in [3.63, 3.8) is 0 Å². The molecule has 0 unspecified atom stereocenters. The molecule has 0 aliphatic carbocycles. The molecule has 10 nitrogen and oxygen atoms in total. The molecule has 0 atom stereocenters. The van der Waals surface area contributed by atoms with Crippen LogP contribution in [0.3, 0.4) is 0 Å². The molecule has 0 spiro atoms. The molecule has 37 heavy (non-hydrogen) atoms. The summed E-state index contributed by atoms with van der Waals surface area (Å²) in [6.07, 6.45) is 2.65. The van der Waals surface area contributed by atoms with Gasteiger partial charge in [0.2, 0.25) is 5.91 Å². The van der Waals surface area contributed by atoms with E-state index in [0.717, 1.165) is 23.9 Å². The van der Waals surface area contributed by atoms with Crippen LogP contribution in [0.1, 0.15) is 39.0 Å². The van der Waals surface area contributed by atoms with E-state index in [4.69, 9.17) is 14.2 Å². The quantitative estimate of drug-likeness (QED) is 0.213. The van der Waals surface area contributed by atoms with E-state index in [1.165, 1.54) is 38.0 Å². The van der Waals surface area contributed by atoms with Gasteiger partial charge >= 0.3 is 11.9 Å². The first kappa shape index (κ1) is 27.5. The van der Waals surface area contributed by atoms with E-state index in [1.807, 2.05) is 28.8 Å². The van der Waals surface area contributed by atoms with Gasteiger partial charge in [-0.1, -0.05) is 36.9 Å². The minimum atomic E-state index is -0.654. The second kappa shape index (κ2) is 13.3. The second-order valence-corrected chi connectivity index (χ2v) is 8.61. The van der Waals surface area contributed by atoms with Crippen molar-refractivity contribution in [3.8, 4) is 5.75 Å². The average Bonchev–Trinajstić information content (AvgIpc) is 3.31. The summed E-state index contributed by atoms with van der Waals surface area (Å²) in [5.41, 5.74) is 1.64. The van der Waals surface area contributed by atoms with Crippen LogP contribution in [-0.4, -0.2) is 52.6 Å². The Morgan fingerprint density at radius 3 is 2.43 bits per heavy atom. The molecule has 0 aliphatic rings. The molecule has 0 fully saturated rings. The minimum absolute atomic E-state index is 0.0301. The first-order valence-corrected chi connectivity index (χ1v) is 12.4. The fraction of sp³-hybridized carbons (Fsp3) is 0.269. The van der Waals surface area contributed by atoms with Crippen LogP contribution in [0.25, 0.3) is 0 Å². The van der Waals surface area contributed by atoms with E-state index in [1.54, 1.807) is 6.08 Å². The Labute approximate surface area is 219 Å². The Morgan fingerprint density at radius 2 is 1.78 bits per heavy atom. The molecule has 194 valence electrons. The highest BCUT2D eigenvalue weighted by Crippen LogP contribution is 2.23. The number of hydrogen-bond donors (Lipinski definition) is 1. The summed E-state index contributed by atoms with van der Waals surface area (Å²) >= 11 is 1.16. The Hall–Kier alpha value is -4.12. The van der Waals surface area contributed by atoms with Crippen LogP contribution in [-0.2, 0) is 33.8 Å². The number of rotatable bonds is 12. The van der Waals surface area contributed by atoms with Gasteiger partial charge in [-0.2, -0.15) is 0 Å². The van der Waals surface area contributed by atoms with Gasteiger partial charge in [0.15, 0.2) is 11.0 Å². The number of aromatic nitrogens is 3. The highest BCUT2D eigenvalue weighted by Gasteiger charge is 2.19. The number of nitrogens with one attached hydrogen (secondary N) is 1. The molecule has 0 saturated carbocycles. The first-order chi connectivity index (χ1) is 17.9. The lowest BCUT2D eigenvalue weighted by Gasteiger charge is -2.12. The zero-order chi connectivity index (χ0) is 26.8. The number of allylic oxidation sites excluding steroid dienone is 1. The molecule has 0 bridgehead atoms. The molecule has 1 N–H and O–H groups in total. The number of benzene rings is 2. The molecule has 1 amide bonds. The lowest BCUT2D eigenvalue weighted by Crippen LogP contribution is -2.18. The number of carbonyl (C=O) groups is 3. The van der Waals surface area contributed by atoms with E-state index in [2.05, 4.69) is 29.0 Å². The number of nitrogens with zero attached hydrogens (tertiary/aromatic N) is 3. The fourth-order valence-corrected chi connectivity index (χ4v) is 4.08. The molecule has 0 aliphatic heterocycles. The Kier molecular flexibility index (Phi) is 9.84. The summed E-state index contributed by atoms with van der Waals surface area (Å²) in [6, 6.07) is 12.0. The molecule has 11 heteroatoms. The zero-order valence-corrected chi connectivity index (χ0v) is 21.7. The number of methoxy groups -OCH3 is 2. The van der Waals surface area contributed by atoms with E-state index in [0.29, 0.717) is 17.5 Å². The second-order valence-electron chi connectivity index (χ2n) is 7.66. The van der Waals surface area contributed by atoms with Gasteiger partial charge in [-0.05, 0) is 42.3 Å². The number of ether oxygens (including phenoxy) is 3. The van der Waals surface area contributed by atoms with Crippen LogP contribution in [0.15, 0.2) is 60.3 Å². The minimum Gasteiger partial charge on any atom is -0.486 e. The third kappa shape index (κ3) is 7.20. The number of hydrogen-bond acceptors (Lipinski definition) is 9. The third-order valence-corrected chi connectivity index (χ3v) is 6.22. The molecular weight excluding hydrogens is 496 g/mol.